The summed E-state index contributed by atoms with van der Waals surface area (Å²) in [6.45, 7) is 2.51. The highest BCUT2D eigenvalue weighted by Crippen LogP contribution is 2.32. The molecule has 1 aliphatic rings. The van der Waals surface area contributed by atoms with E-state index in [-0.39, 0.29) is 12.3 Å². The normalized spacial score (nSPS) is 13.8. The molecular weight excluding hydrogens is 450 g/mol. The second-order valence-electron chi connectivity index (χ2n) is 7.58. The van der Waals surface area contributed by atoms with Gasteiger partial charge in [0, 0.05) is 17.7 Å². The van der Waals surface area contributed by atoms with Crippen LogP contribution in [-0.4, -0.2) is 24.6 Å². The highest BCUT2D eigenvalue weighted by atomic mass is 16.6. The molecule has 0 unspecified atom stereocenters. The van der Waals surface area contributed by atoms with E-state index in [9.17, 15) is 14.9 Å². The Hall–Kier alpha value is -4.59. The van der Waals surface area contributed by atoms with Crippen molar-refractivity contribution < 1.29 is 28.7 Å². The average Bonchev–Trinajstić information content (AvgIpc) is 3.24. The van der Waals surface area contributed by atoms with E-state index in [1.54, 1.807) is 55.7 Å². The van der Waals surface area contributed by atoms with Crippen LogP contribution in [0.15, 0.2) is 78.4 Å². The van der Waals surface area contributed by atoms with Gasteiger partial charge in [0.15, 0.2) is 11.5 Å². The number of hydrogen-bond acceptors (Lipinski definition) is 7. The fraction of sp³-hybridized carbons (Fsp3) is 0.148. The van der Waals surface area contributed by atoms with Crippen LogP contribution < -0.4 is 14.2 Å². The van der Waals surface area contributed by atoms with Gasteiger partial charge in [-0.2, -0.15) is 0 Å². The Morgan fingerprint density at radius 2 is 1.71 bits per heavy atom. The zero-order valence-corrected chi connectivity index (χ0v) is 19.2. The number of nitrogens with zero attached hydrogens (tertiary/aromatic N) is 1. The van der Waals surface area contributed by atoms with Gasteiger partial charge >= 0.3 is 5.97 Å². The van der Waals surface area contributed by atoms with Crippen molar-refractivity contribution in [2.45, 2.75) is 13.5 Å². The van der Waals surface area contributed by atoms with Gasteiger partial charge in [0.25, 0.3) is 5.69 Å². The van der Waals surface area contributed by atoms with Crippen LogP contribution in [0, 0.1) is 10.1 Å². The average molecular weight is 473 g/mol. The summed E-state index contributed by atoms with van der Waals surface area (Å²) < 4.78 is 22.2. The van der Waals surface area contributed by atoms with Crippen LogP contribution >= 0.6 is 0 Å². The molecule has 3 aromatic carbocycles. The summed E-state index contributed by atoms with van der Waals surface area (Å²) >= 11 is 0. The third-order valence-electron chi connectivity index (χ3n) is 5.23. The standard InChI is InChI=1S/C27H23NO7/c1-3-33-26-15-19(6-13-24(26)34-17-18-4-9-22(10-5-18)28(30)31)14-21-16-25(35-27(21)29)20-7-11-23(32-2)12-8-20/h4-16H,3,17H2,1-2H3/b21-14+. The molecule has 3 aromatic rings. The molecule has 1 heterocycles. The van der Waals surface area contributed by atoms with Gasteiger partial charge < -0.3 is 18.9 Å². The second-order valence-corrected chi connectivity index (χ2v) is 7.58. The maximum Gasteiger partial charge on any atom is 0.343 e. The van der Waals surface area contributed by atoms with Crippen molar-refractivity contribution in [3.63, 3.8) is 0 Å². The molecule has 35 heavy (non-hydrogen) atoms. The summed E-state index contributed by atoms with van der Waals surface area (Å²) in [6, 6.07) is 18.8. The molecule has 0 radical (unpaired) electrons. The van der Waals surface area contributed by atoms with E-state index < -0.39 is 10.9 Å². The van der Waals surface area contributed by atoms with Crippen molar-refractivity contribution in [3.05, 3.63) is 105 Å². The number of nitro groups is 1. The summed E-state index contributed by atoms with van der Waals surface area (Å²) in [5.74, 6) is 1.79. The number of nitro benzene ring substituents is 1. The van der Waals surface area contributed by atoms with Gasteiger partial charge in [-0.3, -0.25) is 10.1 Å². The van der Waals surface area contributed by atoms with E-state index in [2.05, 4.69) is 0 Å². The first-order chi connectivity index (χ1) is 17.0. The number of rotatable bonds is 9. The van der Waals surface area contributed by atoms with Gasteiger partial charge in [-0.05, 0) is 78.7 Å². The van der Waals surface area contributed by atoms with Gasteiger partial charge in [0.05, 0.1) is 24.2 Å². The van der Waals surface area contributed by atoms with Crippen LogP contribution in [0.5, 0.6) is 17.2 Å². The van der Waals surface area contributed by atoms with Gasteiger partial charge in [-0.25, -0.2) is 4.79 Å². The summed E-state index contributed by atoms with van der Waals surface area (Å²) in [7, 11) is 1.59. The van der Waals surface area contributed by atoms with Crippen LogP contribution in [0.2, 0.25) is 0 Å². The molecule has 1 aliphatic heterocycles. The van der Waals surface area contributed by atoms with E-state index in [0.717, 1.165) is 16.7 Å². The third-order valence-corrected chi connectivity index (χ3v) is 5.23. The monoisotopic (exact) mass is 473 g/mol. The number of carbonyl (C=O) groups is 1. The first-order valence-corrected chi connectivity index (χ1v) is 10.9. The van der Waals surface area contributed by atoms with E-state index in [1.165, 1.54) is 12.1 Å². The van der Waals surface area contributed by atoms with E-state index in [0.29, 0.717) is 35.2 Å². The Balaban J connectivity index is 1.51. The Morgan fingerprint density at radius 1 is 0.971 bits per heavy atom. The van der Waals surface area contributed by atoms with Crippen LogP contribution in [0.1, 0.15) is 23.6 Å². The molecule has 178 valence electrons. The SMILES string of the molecule is CCOc1cc(/C=C2\C=C(c3ccc(OC)cc3)OC2=O)ccc1OCc1ccc([N+](=O)[O-])cc1. The van der Waals surface area contributed by atoms with Crippen molar-refractivity contribution >= 4 is 23.5 Å². The second kappa shape index (κ2) is 10.6. The summed E-state index contributed by atoms with van der Waals surface area (Å²) in [5, 5.41) is 10.8. The maximum absolute atomic E-state index is 12.4. The number of non-ortho nitro benzene ring substituents is 1. The van der Waals surface area contributed by atoms with Gasteiger partial charge in [-0.15, -0.1) is 0 Å². The number of cyclic esters (lactones) is 1. The molecule has 0 fully saturated rings. The van der Waals surface area contributed by atoms with Gasteiger partial charge in [0.2, 0.25) is 0 Å². The van der Waals surface area contributed by atoms with Crippen molar-refractivity contribution in [2.75, 3.05) is 13.7 Å². The Morgan fingerprint density at radius 3 is 2.37 bits per heavy atom. The molecule has 8 heteroatoms. The van der Waals surface area contributed by atoms with Gasteiger partial charge in [-0.1, -0.05) is 6.07 Å². The molecule has 0 aliphatic carbocycles. The zero-order valence-electron chi connectivity index (χ0n) is 19.2. The number of benzene rings is 3. The summed E-state index contributed by atoms with van der Waals surface area (Å²) in [4.78, 5) is 22.8. The molecule has 0 atom stereocenters. The Bertz CT molecular complexity index is 1290. The number of esters is 1. The minimum atomic E-state index is -0.444. The lowest BCUT2D eigenvalue weighted by molar-refractivity contribution is -0.384. The molecule has 0 bridgehead atoms. The molecule has 0 saturated carbocycles. The topological polar surface area (TPSA) is 97.1 Å². The van der Waals surface area contributed by atoms with E-state index in [4.69, 9.17) is 18.9 Å². The first-order valence-electron chi connectivity index (χ1n) is 10.9. The highest BCUT2D eigenvalue weighted by molar-refractivity contribution is 6.05. The fourth-order valence-corrected chi connectivity index (χ4v) is 3.44. The largest absolute Gasteiger partial charge is 0.497 e. The molecule has 0 spiro atoms. The number of methoxy groups -OCH3 is 1. The van der Waals surface area contributed by atoms with Crippen molar-refractivity contribution in [2.24, 2.45) is 0 Å². The quantitative estimate of drug-likeness (QED) is 0.174. The molecule has 0 N–H and O–H groups in total. The highest BCUT2D eigenvalue weighted by Gasteiger charge is 2.22. The predicted octanol–water partition coefficient (Wildman–Crippen LogP) is 5.56. The van der Waals surface area contributed by atoms with Crippen LogP contribution in [0.4, 0.5) is 5.69 Å². The maximum atomic E-state index is 12.4. The number of ether oxygens (including phenoxy) is 4. The lowest BCUT2D eigenvalue weighted by Crippen LogP contribution is -2.00. The first kappa shape index (κ1) is 23.6. The lowest BCUT2D eigenvalue weighted by atomic mass is 10.1. The fourth-order valence-electron chi connectivity index (χ4n) is 3.44. The molecule has 0 aromatic heterocycles. The minimum Gasteiger partial charge on any atom is -0.497 e. The van der Waals surface area contributed by atoms with Crippen LogP contribution in [0.25, 0.3) is 11.8 Å². The Kier molecular flexibility index (Phi) is 7.11. The number of hydrogen-bond donors (Lipinski definition) is 0. The summed E-state index contributed by atoms with van der Waals surface area (Å²) in [5.41, 5.74) is 2.74. The van der Waals surface area contributed by atoms with Crippen molar-refractivity contribution in [1.29, 1.82) is 0 Å². The minimum absolute atomic E-state index is 0.0239. The molecule has 0 saturated heterocycles. The molecular formula is C27H23NO7. The molecule has 0 amide bonds. The van der Waals surface area contributed by atoms with E-state index >= 15 is 0 Å². The van der Waals surface area contributed by atoms with E-state index in [1.807, 2.05) is 25.1 Å². The Labute approximate surface area is 202 Å². The predicted molar refractivity (Wildman–Crippen MR) is 130 cm³/mol. The molecule has 4 rings (SSSR count). The zero-order chi connectivity index (χ0) is 24.8. The van der Waals surface area contributed by atoms with Gasteiger partial charge in [0.1, 0.15) is 18.1 Å². The van der Waals surface area contributed by atoms with Crippen molar-refractivity contribution in [3.8, 4) is 17.2 Å². The van der Waals surface area contributed by atoms with Crippen LogP contribution in [-0.2, 0) is 16.1 Å². The van der Waals surface area contributed by atoms with Crippen molar-refractivity contribution in [1.82, 2.24) is 0 Å². The molecule has 8 nitrogen and oxygen atoms in total. The van der Waals surface area contributed by atoms with Crippen LogP contribution in [0.3, 0.4) is 0 Å². The smallest absolute Gasteiger partial charge is 0.343 e. The summed E-state index contributed by atoms with van der Waals surface area (Å²) in [6.07, 6.45) is 3.42. The number of carbonyl (C=O) groups excluding carboxylic acids is 1. The third kappa shape index (κ3) is 5.67. The lowest BCUT2D eigenvalue weighted by Gasteiger charge is -2.13.